The lowest BCUT2D eigenvalue weighted by atomic mass is 9.82. The molecule has 96 valence electrons. The molecule has 0 aliphatic rings. The Kier molecular flexibility index (Phi) is 5.68. The molecular weight excluding hydrogens is 342 g/mol. The molecular formula is C14H21Br2N. The van der Waals surface area contributed by atoms with Crippen molar-refractivity contribution in [2.24, 2.45) is 5.41 Å². The number of benzene rings is 1. The largest absolute Gasteiger partial charge is 0.309 e. The minimum Gasteiger partial charge on any atom is -0.309 e. The molecule has 0 aliphatic heterocycles. The summed E-state index contributed by atoms with van der Waals surface area (Å²) in [6.45, 7) is 10.1. The van der Waals surface area contributed by atoms with Crippen LogP contribution in [0.5, 0.6) is 0 Å². The highest BCUT2D eigenvalue weighted by molar-refractivity contribution is 9.11. The highest BCUT2D eigenvalue weighted by atomic mass is 79.9. The van der Waals surface area contributed by atoms with Crippen LogP contribution in [0.25, 0.3) is 0 Å². The van der Waals surface area contributed by atoms with Crippen molar-refractivity contribution in [1.82, 2.24) is 5.32 Å². The number of rotatable bonds is 4. The molecule has 0 bridgehead atoms. The molecule has 3 heteroatoms. The quantitative estimate of drug-likeness (QED) is 0.766. The summed E-state index contributed by atoms with van der Waals surface area (Å²) in [6.07, 6.45) is 1.15. The van der Waals surface area contributed by atoms with Crippen molar-refractivity contribution in [2.45, 2.75) is 40.2 Å². The monoisotopic (exact) mass is 361 g/mol. The van der Waals surface area contributed by atoms with Crippen molar-refractivity contribution in [3.8, 4) is 0 Å². The highest BCUT2D eigenvalue weighted by Gasteiger charge is 2.27. The van der Waals surface area contributed by atoms with Crippen molar-refractivity contribution in [3.63, 3.8) is 0 Å². The highest BCUT2D eigenvalue weighted by Crippen LogP contribution is 2.37. The molecule has 1 unspecified atom stereocenters. The Balaban J connectivity index is 3.04. The molecule has 1 atom stereocenters. The van der Waals surface area contributed by atoms with E-state index in [0.29, 0.717) is 6.04 Å². The van der Waals surface area contributed by atoms with Gasteiger partial charge in [-0.25, -0.2) is 0 Å². The average molecular weight is 363 g/mol. The summed E-state index contributed by atoms with van der Waals surface area (Å²) in [5.41, 5.74) is 1.53. The molecule has 1 rings (SSSR count). The van der Waals surface area contributed by atoms with Gasteiger partial charge < -0.3 is 5.32 Å². The van der Waals surface area contributed by atoms with Crippen LogP contribution in [0.2, 0.25) is 0 Å². The average Bonchev–Trinajstić information content (AvgIpc) is 2.19. The van der Waals surface area contributed by atoms with Gasteiger partial charge in [-0.3, -0.25) is 0 Å². The van der Waals surface area contributed by atoms with Gasteiger partial charge in [0.15, 0.2) is 0 Å². The summed E-state index contributed by atoms with van der Waals surface area (Å²) >= 11 is 7.16. The molecule has 0 saturated heterocycles. The van der Waals surface area contributed by atoms with E-state index in [4.69, 9.17) is 0 Å². The van der Waals surface area contributed by atoms with E-state index < -0.39 is 0 Å². The molecule has 17 heavy (non-hydrogen) atoms. The first-order valence-corrected chi connectivity index (χ1v) is 7.63. The maximum absolute atomic E-state index is 3.66. The van der Waals surface area contributed by atoms with Gasteiger partial charge in [-0.1, -0.05) is 65.6 Å². The fourth-order valence-corrected chi connectivity index (χ4v) is 3.18. The van der Waals surface area contributed by atoms with Crippen LogP contribution < -0.4 is 5.32 Å². The van der Waals surface area contributed by atoms with Crippen LogP contribution in [-0.4, -0.2) is 6.54 Å². The van der Waals surface area contributed by atoms with Crippen LogP contribution in [0, 0.1) is 5.41 Å². The zero-order valence-corrected chi connectivity index (χ0v) is 14.2. The Labute approximate surface area is 122 Å². The molecule has 0 spiro atoms. The van der Waals surface area contributed by atoms with E-state index in [9.17, 15) is 0 Å². The molecule has 1 aromatic rings. The fraction of sp³-hybridized carbons (Fsp3) is 0.571. The van der Waals surface area contributed by atoms with Gasteiger partial charge in [-0.15, -0.1) is 0 Å². The molecule has 0 aromatic heterocycles. The summed E-state index contributed by atoms with van der Waals surface area (Å²) < 4.78 is 2.27. The summed E-state index contributed by atoms with van der Waals surface area (Å²) in [5.74, 6) is 0. The van der Waals surface area contributed by atoms with Crippen LogP contribution in [0.3, 0.4) is 0 Å². The third-order valence-corrected chi connectivity index (χ3v) is 3.92. The van der Waals surface area contributed by atoms with Crippen LogP contribution in [0.4, 0.5) is 0 Å². The van der Waals surface area contributed by atoms with Crippen molar-refractivity contribution in [2.75, 3.05) is 6.54 Å². The van der Waals surface area contributed by atoms with Crippen LogP contribution in [0.15, 0.2) is 27.1 Å². The van der Waals surface area contributed by atoms with Crippen molar-refractivity contribution >= 4 is 31.9 Å². The predicted molar refractivity (Wildman–Crippen MR) is 82.3 cm³/mol. The molecule has 0 saturated carbocycles. The second kappa shape index (κ2) is 6.35. The standard InChI is InChI=1S/C14H21Br2N/c1-5-8-17-13(14(2,3)4)11-7-6-10(15)9-12(11)16/h6-7,9,13,17H,5,8H2,1-4H3. The van der Waals surface area contributed by atoms with Crippen molar-refractivity contribution < 1.29 is 0 Å². The number of nitrogens with one attached hydrogen (secondary N) is 1. The zero-order valence-electron chi connectivity index (χ0n) is 11.0. The van der Waals surface area contributed by atoms with Crippen LogP contribution in [0.1, 0.15) is 45.7 Å². The number of halogens is 2. The molecule has 0 aliphatic carbocycles. The molecule has 0 heterocycles. The maximum atomic E-state index is 3.66. The number of hydrogen-bond donors (Lipinski definition) is 1. The van der Waals surface area contributed by atoms with E-state index in [-0.39, 0.29) is 5.41 Å². The second-order valence-electron chi connectivity index (χ2n) is 5.42. The smallest absolute Gasteiger partial charge is 0.0380 e. The van der Waals surface area contributed by atoms with Gasteiger partial charge in [-0.2, -0.15) is 0 Å². The normalized spacial score (nSPS) is 13.8. The third-order valence-electron chi connectivity index (χ3n) is 2.74. The lowest BCUT2D eigenvalue weighted by Gasteiger charge is -2.33. The second-order valence-corrected chi connectivity index (χ2v) is 7.19. The minimum atomic E-state index is 0.200. The fourth-order valence-electron chi connectivity index (χ4n) is 1.91. The van der Waals surface area contributed by atoms with Gasteiger partial charge in [-0.05, 0) is 36.1 Å². The van der Waals surface area contributed by atoms with E-state index in [1.807, 2.05) is 0 Å². The van der Waals surface area contributed by atoms with Crippen molar-refractivity contribution in [3.05, 3.63) is 32.7 Å². The Bertz CT molecular complexity index is 369. The topological polar surface area (TPSA) is 12.0 Å². The Morgan fingerprint density at radius 3 is 2.35 bits per heavy atom. The SMILES string of the molecule is CCCNC(c1ccc(Br)cc1Br)C(C)(C)C. The van der Waals surface area contributed by atoms with Gasteiger partial charge in [0, 0.05) is 15.0 Å². The summed E-state index contributed by atoms with van der Waals surface area (Å²) in [6, 6.07) is 6.77. The Morgan fingerprint density at radius 1 is 1.24 bits per heavy atom. The first-order chi connectivity index (χ1) is 7.86. The van der Waals surface area contributed by atoms with E-state index in [0.717, 1.165) is 21.9 Å². The molecule has 0 fully saturated rings. The number of hydrogen-bond acceptors (Lipinski definition) is 1. The minimum absolute atomic E-state index is 0.200. The molecule has 0 amide bonds. The van der Waals surface area contributed by atoms with Gasteiger partial charge >= 0.3 is 0 Å². The molecule has 1 nitrogen and oxygen atoms in total. The predicted octanol–water partition coefficient (Wildman–Crippen LogP) is 5.30. The van der Waals surface area contributed by atoms with Gasteiger partial charge in [0.1, 0.15) is 0 Å². The lowest BCUT2D eigenvalue weighted by Crippen LogP contribution is -2.33. The zero-order chi connectivity index (χ0) is 13.1. The third kappa shape index (κ3) is 4.38. The van der Waals surface area contributed by atoms with E-state index in [1.165, 1.54) is 5.56 Å². The Morgan fingerprint density at radius 2 is 1.88 bits per heavy atom. The maximum Gasteiger partial charge on any atom is 0.0380 e. The van der Waals surface area contributed by atoms with Gasteiger partial charge in [0.05, 0.1) is 0 Å². The summed E-state index contributed by atoms with van der Waals surface area (Å²) in [4.78, 5) is 0. The lowest BCUT2D eigenvalue weighted by molar-refractivity contribution is 0.272. The Hall–Kier alpha value is 0.140. The molecule has 1 N–H and O–H groups in total. The molecule has 0 radical (unpaired) electrons. The van der Waals surface area contributed by atoms with E-state index in [2.05, 4.69) is 83.1 Å². The van der Waals surface area contributed by atoms with Gasteiger partial charge in [0.2, 0.25) is 0 Å². The van der Waals surface area contributed by atoms with E-state index in [1.54, 1.807) is 0 Å². The first kappa shape index (κ1) is 15.2. The summed E-state index contributed by atoms with van der Waals surface area (Å²) in [5, 5.41) is 3.64. The van der Waals surface area contributed by atoms with Crippen LogP contribution in [-0.2, 0) is 0 Å². The van der Waals surface area contributed by atoms with Crippen LogP contribution >= 0.6 is 31.9 Å². The summed E-state index contributed by atoms with van der Waals surface area (Å²) in [7, 11) is 0. The first-order valence-electron chi connectivity index (χ1n) is 6.04. The molecule has 1 aromatic carbocycles. The van der Waals surface area contributed by atoms with Gasteiger partial charge in [0.25, 0.3) is 0 Å². The van der Waals surface area contributed by atoms with E-state index >= 15 is 0 Å². The van der Waals surface area contributed by atoms with Crippen molar-refractivity contribution in [1.29, 1.82) is 0 Å².